The van der Waals surface area contributed by atoms with Crippen LogP contribution in [0.1, 0.15) is 38.5 Å². The number of carbonyl (C=O) groups excluding carboxylic acids is 2. The molecule has 118 valence electrons. The van der Waals surface area contributed by atoms with Crippen LogP contribution in [0.3, 0.4) is 0 Å². The Hall–Kier alpha value is -1.69. The van der Waals surface area contributed by atoms with Gasteiger partial charge in [0.25, 0.3) is 5.91 Å². The Kier molecular flexibility index (Phi) is 4.04. The van der Waals surface area contributed by atoms with Gasteiger partial charge in [-0.25, -0.2) is 13.3 Å². The maximum Gasteiger partial charge on any atom is 0.252 e. The highest BCUT2D eigenvalue weighted by Gasteiger charge is 2.49. The summed E-state index contributed by atoms with van der Waals surface area (Å²) >= 11 is 0. The second-order valence-corrected chi connectivity index (χ2v) is 8.36. The van der Waals surface area contributed by atoms with Crippen molar-refractivity contribution in [3.63, 3.8) is 0 Å². The summed E-state index contributed by atoms with van der Waals surface area (Å²) in [7, 11) is -3.60. The van der Waals surface area contributed by atoms with Crippen LogP contribution in [0.4, 0.5) is 5.69 Å². The van der Waals surface area contributed by atoms with Gasteiger partial charge in [-0.05, 0) is 25.0 Å². The molecular formula is C16H19NO4S. The largest absolute Gasteiger partial charge is 0.274 e. The Labute approximate surface area is 130 Å². The minimum Gasteiger partial charge on any atom is -0.274 e. The standard InChI is InChI=1S/C16H19NO4S/c18-15-11-14(22(20,21)13-9-5-2-6-10-13)16(19)17(15)12-7-3-1-4-8-12/h1,3-4,7-8,13-14H,2,5-6,9-11H2. The number of sulfone groups is 1. The van der Waals surface area contributed by atoms with E-state index in [1.807, 2.05) is 0 Å². The van der Waals surface area contributed by atoms with E-state index in [9.17, 15) is 18.0 Å². The second-order valence-electron chi connectivity index (χ2n) is 5.94. The molecule has 0 aromatic heterocycles. The third-order valence-corrected chi connectivity index (χ3v) is 7.10. The first-order valence-corrected chi connectivity index (χ1v) is 9.27. The molecule has 0 radical (unpaired) electrons. The highest BCUT2D eigenvalue weighted by atomic mass is 32.2. The van der Waals surface area contributed by atoms with E-state index in [0.29, 0.717) is 18.5 Å². The van der Waals surface area contributed by atoms with Crippen molar-refractivity contribution in [2.24, 2.45) is 0 Å². The second kappa shape index (κ2) is 5.83. The first-order chi connectivity index (χ1) is 10.5. The molecule has 5 nitrogen and oxygen atoms in total. The first kappa shape index (κ1) is 15.2. The Balaban J connectivity index is 1.87. The average molecular weight is 321 g/mol. The molecule has 3 rings (SSSR count). The normalized spacial score (nSPS) is 24.0. The summed E-state index contributed by atoms with van der Waals surface area (Å²) in [5, 5.41) is -1.68. The lowest BCUT2D eigenvalue weighted by atomic mass is 10.0. The fourth-order valence-electron chi connectivity index (χ4n) is 3.34. The van der Waals surface area contributed by atoms with E-state index in [1.165, 1.54) is 0 Å². The predicted octanol–water partition coefficient (Wildman–Crippen LogP) is 2.07. The van der Waals surface area contributed by atoms with Gasteiger partial charge in [0, 0.05) is 0 Å². The lowest BCUT2D eigenvalue weighted by molar-refractivity contribution is -0.121. The van der Waals surface area contributed by atoms with Crippen molar-refractivity contribution in [1.29, 1.82) is 0 Å². The van der Waals surface area contributed by atoms with E-state index >= 15 is 0 Å². The quantitative estimate of drug-likeness (QED) is 0.799. The minimum atomic E-state index is -3.60. The van der Waals surface area contributed by atoms with Gasteiger partial charge in [0.15, 0.2) is 9.84 Å². The molecule has 1 unspecified atom stereocenters. The maximum absolute atomic E-state index is 12.7. The number of benzene rings is 1. The van der Waals surface area contributed by atoms with E-state index in [-0.39, 0.29) is 6.42 Å². The molecule has 6 heteroatoms. The molecule has 0 spiro atoms. The topological polar surface area (TPSA) is 71.5 Å². The molecule has 0 bridgehead atoms. The molecule has 1 saturated carbocycles. The molecule has 1 aromatic rings. The van der Waals surface area contributed by atoms with E-state index in [1.54, 1.807) is 30.3 Å². The molecule has 1 heterocycles. The summed E-state index contributed by atoms with van der Waals surface area (Å²) < 4.78 is 25.4. The van der Waals surface area contributed by atoms with Gasteiger partial charge >= 0.3 is 0 Å². The van der Waals surface area contributed by atoms with Crippen LogP contribution < -0.4 is 4.90 Å². The fraction of sp³-hybridized carbons (Fsp3) is 0.500. The Morgan fingerprint density at radius 2 is 1.59 bits per heavy atom. The third kappa shape index (κ3) is 2.56. The van der Waals surface area contributed by atoms with Crippen molar-refractivity contribution in [3.8, 4) is 0 Å². The zero-order chi connectivity index (χ0) is 15.7. The molecule has 1 aliphatic heterocycles. The summed E-state index contributed by atoms with van der Waals surface area (Å²) in [4.78, 5) is 25.7. The van der Waals surface area contributed by atoms with Crippen molar-refractivity contribution >= 4 is 27.3 Å². The van der Waals surface area contributed by atoms with Gasteiger partial charge in [-0.3, -0.25) is 9.59 Å². The van der Waals surface area contributed by atoms with Crippen LogP contribution in [0.15, 0.2) is 30.3 Å². The number of hydrogen-bond donors (Lipinski definition) is 0. The summed E-state index contributed by atoms with van der Waals surface area (Å²) in [6.07, 6.45) is 3.77. The third-order valence-electron chi connectivity index (χ3n) is 4.53. The zero-order valence-electron chi connectivity index (χ0n) is 12.3. The number of anilines is 1. The highest BCUT2D eigenvalue weighted by Crippen LogP contribution is 2.32. The summed E-state index contributed by atoms with van der Waals surface area (Å²) in [6, 6.07) is 8.51. The molecular weight excluding hydrogens is 302 g/mol. The number of hydrogen-bond acceptors (Lipinski definition) is 4. The van der Waals surface area contributed by atoms with Crippen molar-refractivity contribution < 1.29 is 18.0 Å². The van der Waals surface area contributed by atoms with Gasteiger partial charge in [0.2, 0.25) is 5.91 Å². The maximum atomic E-state index is 12.7. The summed E-state index contributed by atoms with van der Waals surface area (Å²) in [5.74, 6) is -1.03. The lowest BCUT2D eigenvalue weighted by Gasteiger charge is -2.24. The van der Waals surface area contributed by atoms with Crippen LogP contribution in [0, 0.1) is 0 Å². The van der Waals surface area contributed by atoms with E-state index in [2.05, 4.69) is 0 Å². The highest BCUT2D eigenvalue weighted by molar-refractivity contribution is 7.93. The molecule has 1 atom stereocenters. The van der Waals surface area contributed by atoms with Gasteiger partial charge in [-0.15, -0.1) is 0 Å². The van der Waals surface area contributed by atoms with Crippen molar-refractivity contribution in [2.45, 2.75) is 49.0 Å². The van der Waals surface area contributed by atoms with Crippen molar-refractivity contribution in [3.05, 3.63) is 30.3 Å². The molecule has 2 amide bonds. The molecule has 0 N–H and O–H groups in total. The van der Waals surface area contributed by atoms with Gasteiger partial charge in [-0.1, -0.05) is 37.5 Å². The minimum absolute atomic E-state index is 0.230. The van der Waals surface area contributed by atoms with Crippen molar-refractivity contribution in [1.82, 2.24) is 0 Å². The van der Waals surface area contributed by atoms with Crippen molar-refractivity contribution in [2.75, 3.05) is 4.90 Å². The fourth-order valence-corrected chi connectivity index (χ4v) is 5.55. The number of imide groups is 1. The molecule has 1 saturated heterocycles. The van der Waals surface area contributed by atoms with E-state index in [4.69, 9.17) is 0 Å². The Bertz CT molecular complexity index is 677. The van der Waals surface area contributed by atoms with Crippen LogP contribution in [-0.2, 0) is 19.4 Å². The first-order valence-electron chi connectivity index (χ1n) is 7.66. The monoisotopic (exact) mass is 321 g/mol. The Morgan fingerprint density at radius 1 is 0.955 bits per heavy atom. The van der Waals surface area contributed by atoms with Crippen LogP contribution in [0.2, 0.25) is 0 Å². The zero-order valence-corrected chi connectivity index (χ0v) is 13.1. The number of nitrogens with zero attached hydrogens (tertiary/aromatic N) is 1. The van der Waals surface area contributed by atoms with Gasteiger partial charge in [0.1, 0.15) is 5.25 Å². The van der Waals surface area contributed by atoms with E-state index in [0.717, 1.165) is 24.2 Å². The molecule has 2 fully saturated rings. The smallest absolute Gasteiger partial charge is 0.252 e. The van der Waals surface area contributed by atoms with Crippen LogP contribution in [-0.4, -0.2) is 30.7 Å². The van der Waals surface area contributed by atoms with E-state index < -0.39 is 32.2 Å². The molecule has 1 aromatic carbocycles. The summed E-state index contributed by atoms with van der Waals surface area (Å²) in [5.41, 5.74) is 0.443. The number of para-hydroxylation sites is 1. The van der Waals surface area contributed by atoms with Crippen LogP contribution in [0.25, 0.3) is 0 Å². The summed E-state index contributed by atoms with van der Waals surface area (Å²) in [6.45, 7) is 0. The lowest BCUT2D eigenvalue weighted by Crippen LogP contribution is -2.40. The number of amides is 2. The number of carbonyl (C=O) groups is 2. The van der Waals surface area contributed by atoms with Gasteiger partial charge in [-0.2, -0.15) is 0 Å². The van der Waals surface area contributed by atoms with Crippen LogP contribution >= 0.6 is 0 Å². The SMILES string of the molecule is O=C1CC(S(=O)(=O)C2CCCCC2)C(=O)N1c1ccccc1. The van der Waals surface area contributed by atoms with Gasteiger partial charge < -0.3 is 0 Å². The predicted molar refractivity (Wildman–Crippen MR) is 83.1 cm³/mol. The molecule has 2 aliphatic rings. The average Bonchev–Trinajstić information content (AvgIpc) is 2.84. The van der Waals surface area contributed by atoms with Gasteiger partial charge in [0.05, 0.1) is 17.4 Å². The molecule has 1 aliphatic carbocycles. The Morgan fingerprint density at radius 3 is 2.23 bits per heavy atom. The molecule has 22 heavy (non-hydrogen) atoms. The number of rotatable bonds is 3. The van der Waals surface area contributed by atoms with Crippen LogP contribution in [0.5, 0.6) is 0 Å².